The number of nitrogens with zero attached hydrogens (tertiary/aromatic N) is 3. The molecule has 1 amide bonds. The van der Waals surface area contributed by atoms with Gasteiger partial charge in [0, 0.05) is 51.3 Å². The summed E-state index contributed by atoms with van der Waals surface area (Å²) in [7, 11) is 0. The maximum Gasteiger partial charge on any atom is 0.246 e. The minimum Gasteiger partial charge on any atom is -0.493 e. The van der Waals surface area contributed by atoms with Crippen LogP contribution in [-0.4, -0.2) is 53.5 Å². The van der Waals surface area contributed by atoms with Crippen LogP contribution in [0.4, 0.5) is 0 Å². The van der Waals surface area contributed by atoms with E-state index in [1.165, 1.54) is 22.3 Å². The number of ether oxygens (including phenoxy) is 3. The molecule has 282 valence electrons. The highest BCUT2D eigenvalue weighted by molar-refractivity contribution is 6.32. The molecule has 0 N–H and O–H groups in total. The number of amides is 1. The molecule has 0 atom stereocenters. The Labute approximate surface area is 331 Å². The Balaban J connectivity index is 0.00000561. The van der Waals surface area contributed by atoms with Crippen molar-refractivity contribution in [2.75, 3.05) is 32.8 Å². The van der Waals surface area contributed by atoms with Crippen molar-refractivity contribution in [3.05, 3.63) is 153 Å². The van der Waals surface area contributed by atoms with Crippen LogP contribution in [0.3, 0.4) is 0 Å². The molecule has 0 spiro atoms. The Morgan fingerprint density at radius 2 is 1.48 bits per heavy atom. The average molecular weight is 767 g/mol. The average Bonchev–Trinajstić information content (AvgIpc) is 3.17. The van der Waals surface area contributed by atoms with Crippen molar-refractivity contribution in [3.63, 3.8) is 0 Å². The Morgan fingerprint density at radius 3 is 2.13 bits per heavy atom. The van der Waals surface area contributed by atoms with Gasteiger partial charge in [-0.25, -0.2) is 4.98 Å². The molecule has 1 aromatic heterocycles. The maximum absolute atomic E-state index is 13.1. The first-order valence-corrected chi connectivity index (χ1v) is 18.7. The SMILES string of the molecule is Cc1ccc(COc2ccc(Oc3c(C)cc(/C=C/C(=O)N4CCN(Cc5ccc(CCOc6ccc(C(C)C)cc6)cc5)CC4)cc3Cl)nc2)cc1.Cl. The maximum atomic E-state index is 13.1. The first-order valence-electron chi connectivity index (χ1n) is 18.3. The van der Waals surface area contributed by atoms with E-state index in [0.717, 1.165) is 48.5 Å². The lowest BCUT2D eigenvalue weighted by Crippen LogP contribution is -2.47. The van der Waals surface area contributed by atoms with Gasteiger partial charge in [-0.3, -0.25) is 9.69 Å². The number of hydrogen-bond donors (Lipinski definition) is 0. The molecule has 1 aliphatic heterocycles. The van der Waals surface area contributed by atoms with Gasteiger partial charge in [-0.15, -0.1) is 12.4 Å². The van der Waals surface area contributed by atoms with Gasteiger partial charge in [-0.2, -0.15) is 0 Å². The molecule has 0 saturated carbocycles. The van der Waals surface area contributed by atoms with Crippen molar-refractivity contribution in [1.82, 2.24) is 14.8 Å². The van der Waals surface area contributed by atoms with Crippen LogP contribution >= 0.6 is 24.0 Å². The number of rotatable bonds is 14. The topological polar surface area (TPSA) is 64.1 Å². The molecule has 54 heavy (non-hydrogen) atoms. The molecular weight excluding hydrogens is 717 g/mol. The number of carbonyl (C=O) groups is 1. The van der Waals surface area contributed by atoms with E-state index in [1.54, 1.807) is 24.4 Å². The summed E-state index contributed by atoms with van der Waals surface area (Å²) in [6.07, 6.45) is 5.94. The highest BCUT2D eigenvalue weighted by atomic mass is 35.5. The largest absolute Gasteiger partial charge is 0.493 e. The van der Waals surface area contributed by atoms with E-state index in [0.29, 0.717) is 54.6 Å². The van der Waals surface area contributed by atoms with E-state index in [1.807, 2.05) is 30.0 Å². The molecule has 2 heterocycles. The normalized spacial score (nSPS) is 13.2. The number of hydrogen-bond acceptors (Lipinski definition) is 6. The number of aryl methyl sites for hydroxylation is 2. The minimum absolute atomic E-state index is 0. The standard InChI is InChI=1S/C45H48ClN3O4.ClH/c1-32(2)39-14-16-40(17-15-39)51-26-21-35-9-11-36(12-10-35)30-48-22-24-49(25-23-48)44(50)20-13-38-27-34(4)45(42(46)28-38)53-43-19-18-41(29-47-43)52-31-37-7-5-33(3)6-8-37;/h5-20,27-29,32H,21-26,30-31H2,1-4H3;1H/b20-13+;. The van der Waals surface area contributed by atoms with E-state index in [4.69, 9.17) is 25.8 Å². The van der Waals surface area contributed by atoms with Gasteiger partial charge in [0.2, 0.25) is 11.8 Å². The third-order valence-electron chi connectivity index (χ3n) is 9.43. The summed E-state index contributed by atoms with van der Waals surface area (Å²) < 4.78 is 17.9. The lowest BCUT2D eigenvalue weighted by atomic mass is 10.0. The van der Waals surface area contributed by atoms with Crippen LogP contribution in [0.2, 0.25) is 5.02 Å². The van der Waals surface area contributed by atoms with Crippen molar-refractivity contribution in [1.29, 1.82) is 0 Å². The van der Waals surface area contributed by atoms with Gasteiger partial charge in [-0.05, 0) is 89.6 Å². The van der Waals surface area contributed by atoms with Crippen LogP contribution in [-0.2, 0) is 24.4 Å². The predicted octanol–water partition coefficient (Wildman–Crippen LogP) is 10.2. The molecule has 0 aliphatic carbocycles. The Bertz CT molecular complexity index is 1950. The van der Waals surface area contributed by atoms with Crippen LogP contribution in [0.1, 0.15) is 58.7 Å². The van der Waals surface area contributed by atoms with Crippen molar-refractivity contribution < 1.29 is 19.0 Å². The summed E-state index contributed by atoms with van der Waals surface area (Å²) in [5.74, 6) is 3.02. The summed E-state index contributed by atoms with van der Waals surface area (Å²) in [6.45, 7) is 13.4. The lowest BCUT2D eigenvalue weighted by molar-refractivity contribution is -0.127. The molecule has 0 unspecified atom stereocenters. The molecule has 7 nitrogen and oxygen atoms in total. The van der Waals surface area contributed by atoms with E-state index < -0.39 is 0 Å². The van der Waals surface area contributed by atoms with E-state index in [-0.39, 0.29) is 18.3 Å². The number of aromatic nitrogens is 1. The molecule has 0 radical (unpaired) electrons. The molecule has 5 aromatic rings. The van der Waals surface area contributed by atoms with Crippen LogP contribution in [0, 0.1) is 13.8 Å². The zero-order valence-corrected chi connectivity index (χ0v) is 33.0. The van der Waals surface area contributed by atoms with E-state index in [9.17, 15) is 4.79 Å². The second-order valence-electron chi connectivity index (χ2n) is 13.9. The highest BCUT2D eigenvalue weighted by Gasteiger charge is 2.20. The quantitative estimate of drug-likeness (QED) is 0.105. The van der Waals surface area contributed by atoms with Crippen molar-refractivity contribution in [2.45, 2.75) is 53.2 Å². The van der Waals surface area contributed by atoms with Crippen molar-refractivity contribution in [2.24, 2.45) is 0 Å². The molecule has 9 heteroatoms. The monoisotopic (exact) mass is 765 g/mol. The molecule has 1 fully saturated rings. The molecule has 6 rings (SSSR count). The van der Waals surface area contributed by atoms with Crippen LogP contribution in [0.15, 0.2) is 109 Å². The van der Waals surface area contributed by atoms with Crippen LogP contribution in [0.5, 0.6) is 23.1 Å². The van der Waals surface area contributed by atoms with Gasteiger partial charge < -0.3 is 19.1 Å². The summed E-state index contributed by atoms with van der Waals surface area (Å²) in [6, 6.07) is 32.7. The van der Waals surface area contributed by atoms with Gasteiger partial charge in [0.1, 0.15) is 18.1 Å². The number of pyridine rings is 1. The first-order chi connectivity index (χ1) is 25.7. The fourth-order valence-electron chi connectivity index (χ4n) is 6.16. The lowest BCUT2D eigenvalue weighted by Gasteiger charge is -2.34. The zero-order chi connectivity index (χ0) is 37.2. The number of halogens is 2. The van der Waals surface area contributed by atoms with Crippen LogP contribution < -0.4 is 14.2 Å². The highest BCUT2D eigenvalue weighted by Crippen LogP contribution is 2.34. The summed E-state index contributed by atoms with van der Waals surface area (Å²) in [4.78, 5) is 21.8. The Kier molecular flexibility index (Phi) is 14.6. The molecule has 4 aromatic carbocycles. The van der Waals surface area contributed by atoms with Crippen molar-refractivity contribution >= 4 is 36.0 Å². The fourth-order valence-corrected chi connectivity index (χ4v) is 6.47. The first kappa shape index (κ1) is 40.4. The Morgan fingerprint density at radius 1 is 0.815 bits per heavy atom. The summed E-state index contributed by atoms with van der Waals surface area (Å²) in [5, 5.41) is 0.445. The van der Waals surface area contributed by atoms with E-state index in [2.05, 4.69) is 103 Å². The second-order valence-corrected chi connectivity index (χ2v) is 14.3. The molecule has 0 bridgehead atoms. The number of carbonyl (C=O) groups excluding carboxylic acids is 1. The summed E-state index contributed by atoms with van der Waals surface area (Å²) >= 11 is 6.64. The zero-order valence-electron chi connectivity index (χ0n) is 31.5. The van der Waals surface area contributed by atoms with Gasteiger partial charge in [-0.1, -0.05) is 91.7 Å². The third kappa shape index (κ3) is 11.6. The Hall–Kier alpha value is -4.82. The number of piperazine rings is 1. The summed E-state index contributed by atoms with van der Waals surface area (Å²) in [5.41, 5.74) is 7.83. The molecule has 1 saturated heterocycles. The smallest absolute Gasteiger partial charge is 0.246 e. The minimum atomic E-state index is -0.00456. The van der Waals surface area contributed by atoms with Gasteiger partial charge >= 0.3 is 0 Å². The van der Waals surface area contributed by atoms with Gasteiger partial charge in [0.15, 0.2) is 5.75 Å². The van der Waals surface area contributed by atoms with E-state index >= 15 is 0 Å². The molecular formula is C45H49Cl2N3O4. The predicted molar refractivity (Wildman–Crippen MR) is 220 cm³/mol. The van der Waals surface area contributed by atoms with Crippen molar-refractivity contribution in [3.8, 4) is 23.1 Å². The fraction of sp³-hybridized carbons (Fsp3) is 0.289. The van der Waals surface area contributed by atoms with Gasteiger partial charge in [0.05, 0.1) is 17.8 Å². The van der Waals surface area contributed by atoms with Gasteiger partial charge in [0.25, 0.3) is 0 Å². The number of benzene rings is 4. The second kappa shape index (κ2) is 19.5. The third-order valence-corrected chi connectivity index (χ3v) is 9.71. The van der Waals surface area contributed by atoms with Crippen LogP contribution in [0.25, 0.3) is 6.08 Å². The molecule has 1 aliphatic rings.